The number of hydrogen-bond acceptors (Lipinski definition) is 4. The van der Waals surface area contributed by atoms with Crippen molar-refractivity contribution in [3.8, 4) is 0 Å². The van der Waals surface area contributed by atoms with Crippen LogP contribution in [0.15, 0.2) is 52.4 Å². The first-order chi connectivity index (χ1) is 12.5. The number of aliphatic imine (C=N–C) groups is 1. The first-order valence-electron chi connectivity index (χ1n) is 7.96. The van der Waals surface area contributed by atoms with Gasteiger partial charge >= 0.3 is 0 Å². The van der Waals surface area contributed by atoms with Crippen LogP contribution in [0.1, 0.15) is 11.3 Å². The number of carbonyl (C=O) groups excluding carboxylic acids is 1. The minimum atomic E-state index is -1.11. The lowest BCUT2D eigenvalue weighted by Crippen LogP contribution is -2.09. The standard InChI is InChI=1S/C19H18ClN3O2S/c1-21-18-15-11-13(20)6-7-16(15)23-19(18)17(22-8-9-24)12-4-3-5-14(10-12)26(2)25/h3-7,9-11,21,23H,8H2,1-2H3. The van der Waals surface area contributed by atoms with Crippen molar-refractivity contribution in [2.24, 2.45) is 4.99 Å². The lowest BCUT2D eigenvalue weighted by atomic mass is 10.1. The molecule has 0 saturated heterocycles. The molecule has 1 heterocycles. The van der Waals surface area contributed by atoms with E-state index < -0.39 is 10.8 Å². The minimum Gasteiger partial charge on any atom is -0.386 e. The zero-order chi connectivity index (χ0) is 18.7. The second-order valence-corrected chi connectivity index (χ2v) is 7.47. The quantitative estimate of drug-likeness (QED) is 0.501. The van der Waals surface area contributed by atoms with E-state index in [2.05, 4.69) is 15.3 Å². The molecule has 7 heteroatoms. The highest BCUT2D eigenvalue weighted by molar-refractivity contribution is 7.84. The molecule has 0 amide bonds. The summed E-state index contributed by atoms with van der Waals surface area (Å²) in [6.45, 7) is 0.0358. The average Bonchev–Trinajstić information content (AvgIpc) is 2.99. The number of nitrogens with one attached hydrogen (secondary N) is 2. The normalized spacial score (nSPS) is 13.0. The Bertz CT molecular complexity index is 1030. The number of halogens is 1. The van der Waals surface area contributed by atoms with Crippen LogP contribution >= 0.6 is 11.6 Å². The van der Waals surface area contributed by atoms with Crippen LogP contribution < -0.4 is 5.32 Å². The van der Waals surface area contributed by atoms with Gasteiger partial charge in [0.05, 0.1) is 23.6 Å². The Morgan fingerprint density at radius 3 is 2.81 bits per heavy atom. The van der Waals surface area contributed by atoms with Gasteiger partial charge < -0.3 is 15.1 Å². The highest BCUT2D eigenvalue weighted by atomic mass is 35.5. The Kier molecular flexibility index (Phi) is 5.54. The summed E-state index contributed by atoms with van der Waals surface area (Å²) in [5.41, 5.74) is 3.92. The topological polar surface area (TPSA) is 74.3 Å². The van der Waals surface area contributed by atoms with Crippen molar-refractivity contribution in [2.75, 3.05) is 25.2 Å². The van der Waals surface area contributed by atoms with E-state index in [1.165, 1.54) is 0 Å². The molecule has 5 nitrogen and oxygen atoms in total. The first kappa shape index (κ1) is 18.4. The molecular formula is C19H18ClN3O2S. The van der Waals surface area contributed by atoms with Crippen LogP contribution in [0, 0.1) is 0 Å². The highest BCUT2D eigenvalue weighted by Crippen LogP contribution is 2.31. The Morgan fingerprint density at radius 1 is 1.31 bits per heavy atom. The van der Waals surface area contributed by atoms with Crippen LogP contribution in [0.25, 0.3) is 10.9 Å². The van der Waals surface area contributed by atoms with Crippen molar-refractivity contribution < 1.29 is 9.00 Å². The van der Waals surface area contributed by atoms with Crippen molar-refractivity contribution in [3.63, 3.8) is 0 Å². The lowest BCUT2D eigenvalue weighted by molar-refractivity contribution is -0.106. The number of hydrogen-bond donors (Lipinski definition) is 2. The maximum absolute atomic E-state index is 11.9. The molecule has 0 radical (unpaired) electrons. The van der Waals surface area contributed by atoms with Crippen LogP contribution in [0.2, 0.25) is 5.02 Å². The van der Waals surface area contributed by atoms with E-state index in [0.29, 0.717) is 15.6 Å². The molecule has 0 bridgehead atoms. The van der Waals surface area contributed by atoms with Gasteiger partial charge in [-0.2, -0.15) is 0 Å². The summed E-state index contributed by atoms with van der Waals surface area (Å²) in [6, 6.07) is 12.9. The second-order valence-electron chi connectivity index (χ2n) is 5.65. The molecular weight excluding hydrogens is 370 g/mol. The van der Waals surface area contributed by atoms with Gasteiger partial charge in [-0.15, -0.1) is 0 Å². The molecule has 0 aliphatic rings. The fourth-order valence-corrected chi connectivity index (χ4v) is 3.60. The summed E-state index contributed by atoms with van der Waals surface area (Å²) in [5, 5.41) is 4.76. The van der Waals surface area contributed by atoms with Crippen LogP contribution in [0.5, 0.6) is 0 Å². The molecule has 3 aromatic rings. The fraction of sp³-hybridized carbons (Fsp3) is 0.158. The molecule has 0 saturated carbocycles. The number of fused-ring (bicyclic) bond motifs is 1. The second kappa shape index (κ2) is 7.85. The Hall–Kier alpha value is -2.44. The van der Waals surface area contributed by atoms with Crippen molar-refractivity contribution in [1.29, 1.82) is 0 Å². The summed E-state index contributed by atoms with van der Waals surface area (Å²) in [7, 11) is 0.711. The van der Waals surface area contributed by atoms with Crippen LogP contribution in [0.4, 0.5) is 5.69 Å². The molecule has 0 spiro atoms. The monoisotopic (exact) mass is 387 g/mol. The van der Waals surface area contributed by atoms with Gasteiger partial charge in [0.1, 0.15) is 6.29 Å². The summed E-state index contributed by atoms with van der Waals surface area (Å²) in [5.74, 6) is 0. The zero-order valence-corrected chi connectivity index (χ0v) is 15.9. The molecule has 26 heavy (non-hydrogen) atoms. The van der Waals surface area contributed by atoms with E-state index >= 15 is 0 Å². The van der Waals surface area contributed by atoms with E-state index in [9.17, 15) is 9.00 Å². The van der Waals surface area contributed by atoms with Crippen molar-refractivity contribution in [2.45, 2.75) is 4.90 Å². The SMILES string of the molecule is CNc1c(C(=NCC=O)c2cccc(S(C)=O)c2)[nH]c2ccc(Cl)cc12. The number of H-pyrrole nitrogens is 1. The van der Waals surface area contributed by atoms with Gasteiger partial charge in [-0.05, 0) is 30.3 Å². The number of rotatable bonds is 6. The molecule has 1 unspecified atom stereocenters. The lowest BCUT2D eigenvalue weighted by Gasteiger charge is -2.09. The van der Waals surface area contributed by atoms with Crippen molar-refractivity contribution in [3.05, 3.63) is 58.7 Å². The summed E-state index contributed by atoms with van der Waals surface area (Å²) < 4.78 is 11.9. The first-order valence-corrected chi connectivity index (χ1v) is 9.90. The Balaban J connectivity index is 2.24. The van der Waals surface area contributed by atoms with Crippen molar-refractivity contribution >= 4 is 51.0 Å². The largest absolute Gasteiger partial charge is 0.386 e. The molecule has 2 N–H and O–H groups in total. The molecule has 1 atom stereocenters. The maximum atomic E-state index is 11.9. The van der Waals surface area contributed by atoms with Crippen LogP contribution in [0.3, 0.4) is 0 Å². The highest BCUT2D eigenvalue weighted by Gasteiger charge is 2.18. The average molecular weight is 388 g/mol. The number of aromatic nitrogens is 1. The van der Waals surface area contributed by atoms with Crippen LogP contribution in [-0.2, 0) is 15.6 Å². The van der Waals surface area contributed by atoms with E-state index in [4.69, 9.17) is 11.6 Å². The van der Waals surface area contributed by atoms with Gasteiger partial charge in [0.25, 0.3) is 0 Å². The number of nitrogens with zero attached hydrogens (tertiary/aromatic N) is 1. The van der Waals surface area contributed by atoms with Gasteiger partial charge in [0, 0.05) is 50.5 Å². The van der Waals surface area contributed by atoms with E-state index in [1.807, 2.05) is 43.4 Å². The summed E-state index contributed by atoms with van der Waals surface area (Å²) in [6.07, 6.45) is 2.38. The number of anilines is 1. The predicted molar refractivity (Wildman–Crippen MR) is 108 cm³/mol. The van der Waals surface area contributed by atoms with Gasteiger partial charge in [-0.1, -0.05) is 23.7 Å². The van der Waals surface area contributed by atoms with E-state index in [1.54, 1.807) is 12.3 Å². The van der Waals surface area contributed by atoms with Crippen molar-refractivity contribution in [1.82, 2.24) is 4.98 Å². The Morgan fingerprint density at radius 2 is 2.12 bits per heavy atom. The third-order valence-electron chi connectivity index (χ3n) is 4.01. The van der Waals surface area contributed by atoms with Gasteiger partial charge in [-0.3, -0.25) is 9.20 Å². The summed E-state index contributed by atoms with van der Waals surface area (Å²) in [4.78, 5) is 19.4. The number of benzene rings is 2. The number of carbonyl (C=O) groups is 1. The molecule has 134 valence electrons. The predicted octanol–water partition coefficient (Wildman–Crippen LogP) is 3.64. The molecule has 1 aromatic heterocycles. The molecule has 0 aliphatic heterocycles. The Labute approximate surface area is 158 Å². The van der Waals surface area contributed by atoms with Gasteiger partial charge in [0.2, 0.25) is 0 Å². The smallest absolute Gasteiger partial charge is 0.141 e. The summed E-state index contributed by atoms with van der Waals surface area (Å²) >= 11 is 6.14. The third kappa shape index (κ3) is 3.57. The van der Waals surface area contributed by atoms with E-state index in [0.717, 1.165) is 34.1 Å². The van der Waals surface area contributed by atoms with Crippen LogP contribution in [-0.4, -0.2) is 41.0 Å². The molecule has 3 rings (SSSR count). The molecule has 0 aliphatic carbocycles. The fourth-order valence-electron chi connectivity index (χ4n) is 2.87. The number of aldehydes is 1. The molecule has 0 fully saturated rings. The minimum absolute atomic E-state index is 0.0358. The number of aromatic amines is 1. The van der Waals surface area contributed by atoms with E-state index in [-0.39, 0.29) is 6.54 Å². The zero-order valence-electron chi connectivity index (χ0n) is 14.4. The third-order valence-corrected chi connectivity index (χ3v) is 5.16. The molecule has 2 aromatic carbocycles. The van der Waals surface area contributed by atoms with Gasteiger partial charge in [0.15, 0.2) is 0 Å². The van der Waals surface area contributed by atoms with Gasteiger partial charge in [-0.25, -0.2) is 0 Å². The maximum Gasteiger partial charge on any atom is 0.141 e.